The lowest BCUT2D eigenvalue weighted by atomic mass is 10.1. The van der Waals surface area contributed by atoms with Gasteiger partial charge in [0.25, 0.3) is 0 Å². The smallest absolute Gasteiger partial charge is 0.135 e. The number of rotatable bonds is 3. The highest BCUT2D eigenvalue weighted by atomic mass is 35.5. The van der Waals surface area contributed by atoms with Gasteiger partial charge in [-0.3, -0.25) is 4.39 Å². The van der Waals surface area contributed by atoms with Crippen molar-refractivity contribution in [3.05, 3.63) is 28.0 Å². The average molecular weight is 223 g/mol. The molecule has 1 atom stereocenters. The molecule has 0 aliphatic rings. The Labute approximate surface area is 85.9 Å². The zero-order valence-corrected chi connectivity index (χ0v) is 8.32. The van der Waals surface area contributed by atoms with E-state index in [-0.39, 0.29) is 11.6 Å². The Morgan fingerprint density at radius 2 is 2.15 bits per heavy atom. The van der Waals surface area contributed by atoms with Crippen molar-refractivity contribution in [3.63, 3.8) is 0 Å². The van der Waals surface area contributed by atoms with Crippen LogP contribution >= 0.6 is 23.2 Å². The lowest BCUT2D eigenvalue weighted by molar-refractivity contribution is 0.441. The molecule has 2 N–H and O–H groups in total. The van der Waals surface area contributed by atoms with Crippen LogP contribution in [0.1, 0.15) is 18.0 Å². The summed E-state index contributed by atoms with van der Waals surface area (Å²) < 4.78 is 12.0. The molecule has 0 radical (unpaired) electrons. The first-order valence-corrected chi connectivity index (χ1v) is 4.54. The van der Waals surface area contributed by atoms with Crippen molar-refractivity contribution in [1.29, 1.82) is 0 Å². The van der Waals surface area contributed by atoms with Crippen LogP contribution in [-0.2, 0) is 0 Å². The fourth-order valence-corrected chi connectivity index (χ4v) is 1.46. The van der Waals surface area contributed by atoms with Crippen LogP contribution in [0.2, 0.25) is 10.3 Å². The molecule has 0 fully saturated rings. The molecule has 13 heavy (non-hydrogen) atoms. The molecule has 0 aliphatic heterocycles. The van der Waals surface area contributed by atoms with Crippen molar-refractivity contribution >= 4 is 23.2 Å². The van der Waals surface area contributed by atoms with Crippen molar-refractivity contribution < 1.29 is 4.39 Å². The summed E-state index contributed by atoms with van der Waals surface area (Å²) in [5.41, 5.74) is 6.28. The highest BCUT2D eigenvalue weighted by Crippen LogP contribution is 2.23. The molecule has 1 aromatic heterocycles. The molecule has 0 saturated heterocycles. The van der Waals surface area contributed by atoms with Crippen molar-refractivity contribution in [2.75, 3.05) is 6.67 Å². The van der Waals surface area contributed by atoms with Crippen LogP contribution in [0, 0.1) is 0 Å². The Balaban J connectivity index is 2.88. The van der Waals surface area contributed by atoms with Crippen molar-refractivity contribution in [3.8, 4) is 0 Å². The van der Waals surface area contributed by atoms with Gasteiger partial charge < -0.3 is 5.73 Å². The van der Waals surface area contributed by atoms with Gasteiger partial charge >= 0.3 is 0 Å². The number of halogens is 3. The molecular weight excluding hydrogens is 214 g/mol. The minimum Gasteiger partial charge on any atom is -0.324 e. The molecule has 1 aromatic rings. The zero-order valence-electron chi connectivity index (χ0n) is 6.80. The van der Waals surface area contributed by atoms with Gasteiger partial charge in [-0.05, 0) is 12.5 Å². The van der Waals surface area contributed by atoms with E-state index < -0.39 is 12.7 Å². The average Bonchev–Trinajstić information content (AvgIpc) is 2.04. The molecule has 0 aromatic carbocycles. The second-order valence-electron chi connectivity index (χ2n) is 2.60. The van der Waals surface area contributed by atoms with Crippen molar-refractivity contribution in [1.82, 2.24) is 4.98 Å². The van der Waals surface area contributed by atoms with Crippen LogP contribution in [0.3, 0.4) is 0 Å². The zero-order chi connectivity index (χ0) is 9.84. The number of aromatic nitrogens is 1. The van der Waals surface area contributed by atoms with E-state index >= 15 is 0 Å². The first-order valence-electron chi connectivity index (χ1n) is 3.78. The third-order valence-corrected chi connectivity index (χ3v) is 2.18. The predicted octanol–water partition coefficient (Wildman–Crippen LogP) is 2.75. The molecule has 72 valence electrons. The number of hydrogen-bond donors (Lipinski definition) is 1. The van der Waals surface area contributed by atoms with Gasteiger partial charge in [-0.15, -0.1) is 0 Å². The van der Waals surface area contributed by atoms with Crippen LogP contribution < -0.4 is 5.73 Å². The van der Waals surface area contributed by atoms with Gasteiger partial charge in [0.15, 0.2) is 0 Å². The molecule has 0 bridgehead atoms. The van der Waals surface area contributed by atoms with Crippen molar-refractivity contribution in [2.24, 2.45) is 5.73 Å². The minimum atomic E-state index is -0.472. The third-order valence-electron chi connectivity index (χ3n) is 1.66. The maximum atomic E-state index is 12.0. The molecule has 1 heterocycles. The number of alkyl halides is 1. The highest BCUT2D eigenvalue weighted by molar-refractivity contribution is 6.32. The summed E-state index contributed by atoms with van der Waals surface area (Å²) in [6.07, 6.45) is 0.239. The molecule has 0 saturated carbocycles. The van der Waals surface area contributed by atoms with E-state index in [0.29, 0.717) is 10.7 Å². The Kier molecular flexibility index (Phi) is 3.90. The summed E-state index contributed by atoms with van der Waals surface area (Å²) in [5.74, 6) is 0. The molecule has 5 heteroatoms. The number of nitrogens with zero attached hydrogens (tertiary/aromatic N) is 1. The standard InChI is InChI=1S/C8H9Cl2FN2/c9-7-2-1-5(8(10)13-7)6(12)3-4-11/h1-2,6H,3-4,12H2/t6-/m0/s1. The first-order chi connectivity index (χ1) is 6.15. The molecule has 1 rings (SSSR count). The van der Waals surface area contributed by atoms with Gasteiger partial charge in [-0.25, -0.2) is 4.98 Å². The van der Waals surface area contributed by atoms with E-state index in [4.69, 9.17) is 28.9 Å². The normalized spacial score (nSPS) is 12.9. The topological polar surface area (TPSA) is 38.9 Å². The summed E-state index contributed by atoms with van der Waals surface area (Å²) >= 11 is 11.4. The summed E-state index contributed by atoms with van der Waals surface area (Å²) in [4.78, 5) is 3.81. The fraction of sp³-hybridized carbons (Fsp3) is 0.375. The van der Waals surface area contributed by atoms with Gasteiger partial charge in [-0.1, -0.05) is 29.3 Å². The Hall–Kier alpha value is -0.380. The SMILES string of the molecule is N[C@@H](CCF)c1ccc(Cl)nc1Cl. The van der Waals surface area contributed by atoms with Gasteiger partial charge in [0, 0.05) is 11.6 Å². The molecule has 2 nitrogen and oxygen atoms in total. The molecular formula is C8H9Cl2FN2. The van der Waals surface area contributed by atoms with Gasteiger partial charge in [0.1, 0.15) is 10.3 Å². The Morgan fingerprint density at radius 1 is 1.46 bits per heavy atom. The quantitative estimate of drug-likeness (QED) is 0.800. The second kappa shape index (κ2) is 4.74. The molecule has 0 unspecified atom stereocenters. The molecule has 0 aliphatic carbocycles. The van der Waals surface area contributed by atoms with E-state index in [2.05, 4.69) is 4.98 Å². The maximum absolute atomic E-state index is 12.0. The first kappa shape index (κ1) is 10.7. The summed E-state index contributed by atoms with van der Waals surface area (Å²) in [7, 11) is 0. The lowest BCUT2D eigenvalue weighted by Gasteiger charge is -2.10. The van der Waals surface area contributed by atoms with Gasteiger partial charge in [0.05, 0.1) is 6.67 Å². The summed E-state index contributed by atoms with van der Waals surface area (Å²) in [6.45, 7) is -0.472. The van der Waals surface area contributed by atoms with Crippen LogP contribution in [0.4, 0.5) is 4.39 Å². The van der Waals surface area contributed by atoms with E-state index in [0.717, 1.165) is 0 Å². The monoisotopic (exact) mass is 222 g/mol. The lowest BCUT2D eigenvalue weighted by Crippen LogP contribution is -2.11. The fourth-order valence-electron chi connectivity index (χ4n) is 0.973. The number of pyridine rings is 1. The number of hydrogen-bond acceptors (Lipinski definition) is 2. The van der Waals surface area contributed by atoms with Crippen LogP contribution in [0.5, 0.6) is 0 Å². The minimum absolute atomic E-state index is 0.239. The second-order valence-corrected chi connectivity index (χ2v) is 3.34. The Bertz CT molecular complexity index is 293. The number of nitrogens with two attached hydrogens (primary N) is 1. The third kappa shape index (κ3) is 2.79. The van der Waals surface area contributed by atoms with E-state index in [1.165, 1.54) is 0 Å². The Morgan fingerprint density at radius 3 is 2.69 bits per heavy atom. The summed E-state index contributed by atoms with van der Waals surface area (Å²) in [5, 5.41) is 0.551. The highest BCUT2D eigenvalue weighted by Gasteiger charge is 2.10. The van der Waals surface area contributed by atoms with E-state index in [1.807, 2.05) is 0 Å². The van der Waals surface area contributed by atoms with Gasteiger partial charge in [-0.2, -0.15) is 0 Å². The maximum Gasteiger partial charge on any atom is 0.135 e. The van der Waals surface area contributed by atoms with E-state index in [1.54, 1.807) is 12.1 Å². The van der Waals surface area contributed by atoms with Gasteiger partial charge in [0.2, 0.25) is 0 Å². The van der Waals surface area contributed by atoms with Crippen molar-refractivity contribution in [2.45, 2.75) is 12.5 Å². The van der Waals surface area contributed by atoms with Crippen LogP contribution in [0.25, 0.3) is 0 Å². The van der Waals surface area contributed by atoms with Crippen LogP contribution in [0.15, 0.2) is 12.1 Å². The molecule has 0 amide bonds. The van der Waals surface area contributed by atoms with Crippen LogP contribution in [-0.4, -0.2) is 11.7 Å². The molecule has 0 spiro atoms. The summed E-state index contributed by atoms with van der Waals surface area (Å²) in [6, 6.07) is 2.83. The predicted molar refractivity (Wildman–Crippen MR) is 51.8 cm³/mol. The van der Waals surface area contributed by atoms with E-state index in [9.17, 15) is 4.39 Å². The largest absolute Gasteiger partial charge is 0.324 e.